The lowest BCUT2D eigenvalue weighted by molar-refractivity contribution is 0.111. The van der Waals surface area contributed by atoms with Gasteiger partial charge in [0.1, 0.15) is 0 Å². The van der Waals surface area contributed by atoms with E-state index in [4.69, 9.17) is 10.5 Å². The summed E-state index contributed by atoms with van der Waals surface area (Å²) in [5.41, 5.74) is 7.82. The number of rotatable bonds is 5. The maximum atomic E-state index is 5.95. The average molecular weight is 250 g/mol. The van der Waals surface area contributed by atoms with Crippen LogP contribution in [0.1, 0.15) is 6.92 Å². The average Bonchev–Trinajstić information content (AvgIpc) is 2.41. The first kappa shape index (κ1) is 13.1. The Hall–Kier alpha value is -1.33. The molecule has 1 fully saturated rings. The van der Waals surface area contributed by atoms with Gasteiger partial charge in [0.05, 0.1) is 24.2 Å². The first-order valence-corrected chi connectivity index (χ1v) is 6.55. The summed E-state index contributed by atoms with van der Waals surface area (Å²) >= 11 is 0. The number of piperazine rings is 1. The highest BCUT2D eigenvalue weighted by Crippen LogP contribution is 2.22. The van der Waals surface area contributed by atoms with Gasteiger partial charge in [-0.3, -0.25) is 9.88 Å². The number of ether oxygens (including phenoxy) is 1. The van der Waals surface area contributed by atoms with Crippen molar-refractivity contribution < 1.29 is 4.74 Å². The Kier molecular flexibility index (Phi) is 4.78. The topological polar surface area (TPSA) is 54.6 Å². The molecule has 0 radical (unpaired) electrons. The number of pyridine rings is 1. The molecular formula is C13H22N4O. The fourth-order valence-electron chi connectivity index (χ4n) is 2.24. The van der Waals surface area contributed by atoms with E-state index in [-0.39, 0.29) is 0 Å². The van der Waals surface area contributed by atoms with Crippen LogP contribution in [0, 0.1) is 0 Å². The number of hydrogen-bond donors (Lipinski definition) is 1. The monoisotopic (exact) mass is 250 g/mol. The van der Waals surface area contributed by atoms with Crippen LogP contribution >= 0.6 is 0 Å². The molecule has 1 saturated heterocycles. The maximum absolute atomic E-state index is 5.95. The summed E-state index contributed by atoms with van der Waals surface area (Å²) in [4.78, 5) is 8.79. The standard InChI is InChI=1S/C13H22N4O/c1-2-18-10-9-16-5-7-17(8-6-16)13-3-4-15-11-12(13)14/h3-4,11H,2,5-10,14H2,1H3. The minimum atomic E-state index is 0.764. The third-order valence-corrected chi connectivity index (χ3v) is 3.30. The molecule has 0 amide bonds. The van der Waals surface area contributed by atoms with Gasteiger partial charge in [0.25, 0.3) is 0 Å². The van der Waals surface area contributed by atoms with Crippen LogP contribution in [0.2, 0.25) is 0 Å². The molecule has 0 aromatic carbocycles. The molecule has 2 heterocycles. The summed E-state index contributed by atoms with van der Waals surface area (Å²) in [7, 11) is 0. The lowest BCUT2D eigenvalue weighted by Crippen LogP contribution is -2.47. The van der Waals surface area contributed by atoms with Gasteiger partial charge in [0, 0.05) is 45.5 Å². The first-order valence-electron chi connectivity index (χ1n) is 6.55. The summed E-state index contributed by atoms with van der Waals surface area (Å²) in [6.07, 6.45) is 3.52. The van der Waals surface area contributed by atoms with E-state index in [1.165, 1.54) is 0 Å². The molecule has 100 valence electrons. The molecule has 0 unspecified atom stereocenters. The van der Waals surface area contributed by atoms with Gasteiger partial charge in [0.15, 0.2) is 0 Å². The Labute approximate surface area is 109 Å². The number of nitrogen functional groups attached to an aromatic ring is 1. The molecule has 1 aliphatic rings. The van der Waals surface area contributed by atoms with E-state index in [9.17, 15) is 0 Å². The molecule has 1 aliphatic heterocycles. The van der Waals surface area contributed by atoms with E-state index in [1.54, 1.807) is 12.4 Å². The number of hydrogen-bond acceptors (Lipinski definition) is 5. The van der Waals surface area contributed by atoms with Crippen molar-refractivity contribution in [2.75, 3.05) is 56.6 Å². The minimum Gasteiger partial charge on any atom is -0.396 e. The molecule has 0 atom stereocenters. The number of aromatic nitrogens is 1. The second-order valence-electron chi connectivity index (χ2n) is 4.46. The Balaban J connectivity index is 1.81. The summed E-state index contributed by atoms with van der Waals surface area (Å²) in [6, 6.07) is 1.99. The van der Waals surface area contributed by atoms with Crippen LogP contribution in [0.3, 0.4) is 0 Å². The number of nitrogens with zero attached hydrogens (tertiary/aromatic N) is 3. The zero-order valence-corrected chi connectivity index (χ0v) is 11.0. The van der Waals surface area contributed by atoms with Gasteiger partial charge in [-0.1, -0.05) is 0 Å². The molecule has 5 heteroatoms. The summed E-state index contributed by atoms with van der Waals surface area (Å²) in [6.45, 7) is 8.84. The highest BCUT2D eigenvalue weighted by Gasteiger charge is 2.18. The molecular weight excluding hydrogens is 228 g/mol. The normalized spacial score (nSPS) is 17.1. The Morgan fingerprint density at radius 3 is 2.78 bits per heavy atom. The van der Waals surface area contributed by atoms with E-state index in [0.717, 1.165) is 57.3 Å². The zero-order chi connectivity index (χ0) is 12.8. The summed E-state index contributed by atoms with van der Waals surface area (Å²) in [5.74, 6) is 0. The van der Waals surface area contributed by atoms with Crippen LogP contribution in [-0.4, -0.2) is 55.8 Å². The van der Waals surface area contributed by atoms with Gasteiger partial charge >= 0.3 is 0 Å². The molecule has 0 bridgehead atoms. The van der Waals surface area contributed by atoms with Crippen molar-refractivity contribution in [3.63, 3.8) is 0 Å². The van der Waals surface area contributed by atoms with Crippen molar-refractivity contribution in [3.8, 4) is 0 Å². The largest absolute Gasteiger partial charge is 0.396 e. The van der Waals surface area contributed by atoms with Crippen molar-refractivity contribution in [1.29, 1.82) is 0 Å². The Bertz CT molecular complexity index is 364. The lowest BCUT2D eigenvalue weighted by atomic mass is 10.2. The molecule has 0 saturated carbocycles. The van der Waals surface area contributed by atoms with E-state index >= 15 is 0 Å². The van der Waals surface area contributed by atoms with Gasteiger partial charge in [0.2, 0.25) is 0 Å². The van der Waals surface area contributed by atoms with Crippen molar-refractivity contribution >= 4 is 11.4 Å². The van der Waals surface area contributed by atoms with Crippen LogP contribution < -0.4 is 10.6 Å². The quantitative estimate of drug-likeness (QED) is 0.784. The van der Waals surface area contributed by atoms with Crippen LogP contribution in [0.5, 0.6) is 0 Å². The Morgan fingerprint density at radius 2 is 2.11 bits per heavy atom. The van der Waals surface area contributed by atoms with Crippen molar-refractivity contribution in [1.82, 2.24) is 9.88 Å². The molecule has 0 aliphatic carbocycles. The van der Waals surface area contributed by atoms with Gasteiger partial charge in [-0.05, 0) is 13.0 Å². The molecule has 2 rings (SSSR count). The maximum Gasteiger partial charge on any atom is 0.0738 e. The van der Waals surface area contributed by atoms with Crippen LogP contribution in [-0.2, 0) is 4.74 Å². The summed E-state index contributed by atoms with van der Waals surface area (Å²) < 4.78 is 5.38. The first-order chi connectivity index (χ1) is 8.81. The fourth-order valence-corrected chi connectivity index (χ4v) is 2.24. The highest BCUT2D eigenvalue weighted by molar-refractivity contribution is 5.66. The predicted octanol–water partition coefficient (Wildman–Crippen LogP) is 0.822. The van der Waals surface area contributed by atoms with Gasteiger partial charge in [-0.25, -0.2) is 0 Å². The van der Waals surface area contributed by atoms with Gasteiger partial charge in [-0.2, -0.15) is 0 Å². The summed E-state index contributed by atoms with van der Waals surface area (Å²) in [5, 5.41) is 0. The highest BCUT2D eigenvalue weighted by atomic mass is 16.5. The number of anilines is 2. The molecule has 5 nitrogen and oxygen atoms in total. The van der Waals surface area contributed by atoms with Gasteiger partial charge < -0.3 is 15.4 Å². The van der Waals surface area contributed by atoms with Crippen LogP contribution in [0.4, 0.5) is 11.4 Å². The van der Waals surface area contributed by atoms with Crippen molar-refractivity contribution in [2.24, 2.45) is 0 Å². The van der Waals surface area contributed by atoms with E-state index in [1.807, 2.05) is 13.0 Å². The zero-order valence-electron chi connectivity index (χ0n) is 11.0. The Morgan fingerprint density at radius 1 is 1.33 bits per heavy atom. The predicted molar refractivity (Wildman–Crippen MR) is 73.8 cm³/mol. The smallest absolute Gasteiger partial charge is 0.0738 e. The molecule has 1 aromatic heterocycles. The second-order valence-corrected chi connectivity index (χ2v) is 4.46. The molecule has 18 heavy (non-hydrogen) atoms. The molecule has 0 spiro atoms. The third kappa shape index (κ3) is 3.34. The fraction of sp³-hybridized carbons (Fsp3) is 0.615. The SMILES string of the molecule is CCOCCN1CCN(c2ccncc2N)CC1. The van der Waals surface area contributed by atoms with Gasteiger partial charge in [-0.15, -0.1) is 0 Å². The second kappa shape index (κ2) is 6.56. The molecule has 1 aromatic rings. The third-order valence-electron chi connectivity index (χ3n) is 3.30. The van der Waals surface area contributed by atoms with E-state index in [2.05, 4.69) is 14.8 Å². The molecule has 2 N–H and O–H groups in total. The van der Waals surface area contributed by atoms with Crippen molar-refractivity contribution in [3.05, 3.63) is 18.5 Å². The minimum absolute atomic E-state index is 0.764. The lowest BCUT2D eigenvalue weighted by Gasteiger charge is -2.36. The van der Waals surface area contributed by atoms with Crippen LogP contribution in [0.15, 0.2) is 18.5 Å². The van der Waals surface area contributed by atoms with Crippen LogP contribution in [0.25, 0.3) is 0 Å². The van der Waals surface area contributed by atoms with Crippen molar-refractivity contribution in [2.45, 2.75) is 6.92 Å². The van der Waals surface area contributed by atoms with E-state index in [0.29, 0.717) is 0 Å². The number of nitrogens with two attached hydrogens (primary N) is 1. The van der Waals surface area contributed by atoms with E-state index < -0.39 is 0 Å².